The molecule has 1 saturated heterocycles. The molecule has 0 aliphatic carbocycles. The Labute approximate surface area is 135 Å². The quantitative estimate of drug-likeness (QED) is 0.726. The molecule has 0 atom stereocenters. The Morgan fingerprint density at radius 3 is 2.65 bits per heavy atom. The third-order valence-electron chi connectivity index (χ3n) is 3.48. The Balaban J connectivity index is 1.80. The number of carbonyl (C=O) groups is 2. The smallest absolute Gasteiger partial charge is 0.290 e. The van der Waals surface area contributed by atoms with Gasteiger partial charge >= 0.3 is 0 Å². The monoisotopic (exact) mass is 322 g/mol. The maximum atomic E-state index is 11.6. The average Bonchev–Trinajstić information content (AvgIpc) is 3.11. The first-order valence-corrected chi connectivity index (χ1v) is 7.72. The number of aromatic nitrogens is 1. The van der Waals surface area contributed by atoms with E-state index in [-0.39, 0.29) is 11.1 Å². The molecule has 5 nitrogen and oxygen atoms in total. The van der Waals surface area contributed by atoms with Crippen molar-refractivity contribution < 1.29 is 14.1 Å². The lowest BCUT2D eigenvalue weighted by molar-refractivity contribution is -0.115. The summed E-state index contributed by atoms with van der Waals surface area (Å²) in [5.41, 5.74) is 2.49. The number of hydrogen-bond donors (Lipinski definition) is 1. The minimum absolute atomic E-state index is 0.350. The van der Waals surface area contributed by atoms with Crippen molar-refractivity contribution in [1.82, 2.24) is 10.5 Å². The Bertz CT molecular complexity index is 960. The van der Waals surface area contributed by atoms with Crippen molar-refractivity contribution in [2.45, 2.75) is 0 Å². The summed E-state index contributed by atoms with van der Waals surface area (Å²) in [5, 5.41) is 6.81. The molecule has 0 radical (unpaired) electrons. The lowest BCUT2D eigenvalue weighted by Crippen LogP contribution is -2.17. The molecule has 0 spiro atoms. The molecule has 2 amide bonds. The highest BCUT2D eigenvalue weighted by atomic mass is 32.2. The van der Waals surface area contributed by atoms with Gasteiger partial charge in [0.1, 0.15) is 5.52 Å². The zero-order chi connectivity index (χ0) is 15.8. The summed E-state index contributed by atoms with van der Waals surface area (Å²) in [7, 11) is 0. The van der Waals surface area contributed by atoms with Gasteiger partial charge in [0, 0.05) is 5.56 Å². The van der Waals surface area contributed by atoms with E-state index in [0.717, 1.165) is 33.8 Å². The Morgan fingerprint density at radius 1 is 1.09 bits per heavy atom. The van der Waals surface area contributed by atoms with Crippen LogP contribution < -0.4 is 5.32 Å². The number of carbonyl (C=O) groups excluding carboxylic acids is 2. The summed E-state index contributed by atoms with van der Waals surface area (Å²) in [6.45, 7) is 0. The molecule has 1 aliphatic rings. The Morgan fingerprint density at radius 2 is 1.91 bits per heavy atom. The van der Waals surface area contributed by atoms with E-state index >= 15 is 0 Å². The van der Waals surface area contributed by atoms with Crippen LogP contribution in [0.25, 0.3) is 28.3 Å². The highest BCUT2D eigenvalue weighted by Gasteiger charge is 2.25. The van der Waals surface area contributed by atoms with Crippen LogP contribution in [0.2, 0.25) is 0 Å². The van der Waals surface area contributed by atoms with Gasteiger partial charge in [-0.05, 0) is 35.5 Å². The van der Waals surface area contributed by atoms with Crippen LogP contribution in [0.5, 0.6) is 0 Å². The van der Waals surface area contributed by atoms with E-state index < -0.39 is 0 Å². The van der Waals surface area contributed by atoms with E-state index in [1.165, 1.54) is 0 Å². The average molecular weight is 322 g/mol. The number of hydrogen-bond acceptors (Lipinski definition) is 5. The first kappa shape index (κ1) is 13.8. The molecule has 0 bridgehead atoms. The molecule has 1 aromatic heterocycles. The third-order valence-corrected chi connectivity index (χ3v) is 4.29. The molecule has 0 saturated carbocycles. The summed E-state index contributed by atoms with van der Waals surface area (Å²) in [5.74, 6) is 0.314. The van der Waals surface area contributed by atoms with Gasteiger partial charge in [-0.15, -0.1) is 0 Å². The van der Waals surface area contributed by atoms with E-state index in [0.29, 0.717) is 10.7 Å². The number of amides is 2. The second kappa shape index (κ2) is 5.40. The topological polar surface area (TPSA) is 72.2 Å². The molecule has 3 aromatic rings. The van der Waals surface area contributed by atoms with Crippen LogP contribution in [0.1, 0.15) is 5.56 Å². The van der Waals surface area contributed by atoms with Crippen molar-refractivity contribution in [3.05, 3.63) is 59.0 Å². The van der Waals surface area contributed by atoms with Crippen LogP contribution >= 0.6 is 11.8 Å². The van der Waals surface area contributed by atoms with Gasteiger partial charge in [0.05, 0.1) is 10.3 Å². The molecule has 112 valence electrons. The van der Waals surface area contributed by atoms with Crippen molar-refractivity contribution in [3.8, 4) is 11.3 Å². The van der Waals surface area contributed by atoms with Crippen LogP contribution in [0, 0.1) is 0 Å². The van der Waals surface area contributed by atoms with Crippen molar-refractivity contribution in [3.63, 3.8) is 0 Å². The van der Waals surface area contributed by atoms with Crippen molar-refractivity contribution >= 4 is 39.9 Å². The lowest BCUT2D eigenvalue weighted by atomic mass is 10.1. The summed E-state index contributed by atoms with van der Waals surface area (Å²) >= 11 is 0.899. The summed E-state index contributed by atoms with van der Waals surface area (Å²) in [4.78, 5) is 23.3. The van der Waals surface area contributed by atoms with Gasteiger partial charge in [0.15, 0.2) is 5.76 Å². The minimum atomic E-state index is -0.367. The number of imide groups is 1. The normalized spacial score (nSPS) is 16.3. The van der Waals surface area contributed by atoms with Gasteiger partial charge in [-0.1, -0.05) is 41.6 Å². The Hall–Kier alpha value is -2.86. The first-order valence-electron chi connectivity index (χ1n) is 6.90. The van der Waals surface area contributed by atoms with Gasteiger partial charge in [0.2, 0.25) is 0 Å². The second-order valence-electron chi connectivity index (χ2n) is 5.01. The highest BCUT2D eigenvalue weighted by Crippen LogP contribution is 2.31. The maximum Gasteiger partial charge on any atom is 0.290 e. The summed E-state index contributed by atoms with van der Waals surface area (Å²) < 4.78 is 5.45. The molecule has 6 heteroatoms. The van der Waals surface area contributed by atoms with E-state index in [4.69, 9.17) is 4.52 Å². The molecular formula is C17H10N2O3S. The van der Waals surface area contributed by atoms with Gasteiger partial charge in [-0.25, -0.2) is 0 Å². The number of nitrogens with one attached hydrogen (secondary N) is 1. The minimum Gasteiger partial charge on any atom is -0.355 e. The molecule has 23 heavy (non-hydrogen) atoms. The van der Waals surface area contributed by atoms with E-state index in [1.54, 1.807) is 6.08 Å². The van der Waals surface area contributed by atoms with E-state index in [2.05, 4.69) is 10.5 Å². The lowest BCUT2D eigenvalue weighted by Gasteiger charge is -1.98. The molecular weight excluding hydrogens is 312 g/mol. The molecule has 4 rings (SSSR count). The Kier molecular flexibility index (Phi) is 3.24. The predicted molar refractivity (Wildman–Crippen MR) is 88.6 cm³/mol. The molecule has 0 unspecified atom stereocenters. The number of benzene rings is 2. The zero-order valence-electron chi connectivity index (χ0n) is 11.8. The third kappa shape index (κ3) is 2.53. The largest absolute Gasteiger partial charge is 0.355 e. The number of nitrogens with zero attached hydrogens (tertiary/aromatic N) is 1. The van der Waals surface area contributed by atoms with Crippen LogP contribution in [0.4, 0.5) is 4.79 Å². The van der Waals surface area contributed by atoms with Gasteiger partial charge in [-0.3, -0.25) is 14.9 Å². The molecule has 1 N–H and O–H groups in total. The maximum absolute atomic E-state index is 11.6. The molecule has 1 aliphatic heterocycles. The molecule has 1 fully saturated rings. The van der Waals surface area contributed by atoms with Crippen LogP contribution in [-0.4, -0.2) is 16.3 Å². The fraction of sp³-hybridized carbons (Fsp3) is 0. The second-order valence-corrected chi connectivity index (χ2v) is 6.02. The van der Waals surface area contributed by atoms with Crippen LogP contribution in [-0.2, 0) is 4.79 Å². The fourth-order valence-electron chi connectivity index (χ4n) is 2.42. The molecule has 2 aromatic carbocycles. The zero-order valence-corrected chi connectivity index (χ0v) is 12.6. The van der Waals surface area contributed by atoms with E-state index in [9.17, 15) is 9.59 Å². The SMILES string of the molecule is O=C1NC(=O)/C(=C\c2ccc3noc(-c4ccccc4)c3c2)S1. The van der Waals surface area contributed by atoms with Crippen molar-refractivity contribution in [2.24, 2.45) is 0 Å². The highest BCUT2D eigenvalue weighted by molar-refractivity contribution is 8.18. The summed E-state index contributed by atoms with van der Waals surface area (Å²) in [6, 6.07) is 15.3. The van der Waals surface area contributed by atoms with Crippen LogP contribution in [0.15, 0.2) is 58.0 Å². The van der Waals surface area contributed by atoms with Crippen LogP contribution in [0.3, 0.4) is 0 Å². The van der Waals surface area contributed by atoms with Crippen molar-refractivity contribution in [1.29, 1.82) is 0 Å². The van der Waals surface area contributed by atoms with Gasteiger partial charge in [-0.2, -0.15) is 0 Å². The van der Waals surface area contributed by atoms with Crippen molar-refractivity contribution in [2.75, 3.05) is 0 Å². The van der Waals surface area contributed by atoms with Gasteiger partial charge in [0.25, 0.3) is 11.1 Å². The predicted octanol–water partition coefficient (Wildman–Crippen LogP) is 3.82. The van der Waals surface area contributed by atoms with Gasteiger partial charge < -0.3 is 4.52 Å². The fourth-order valence-corrected chi connectivity index (χ4v) is 3.10. The first-order chi connectivity index (χ1) is 11.2. The van der Waals surface area contributed by atoms with E-state index in [1.807, 2.05) is 48.5 Å². The number of rotatable bonds is 2. The number of fused-ring (bicyclic) bond motifs is 1. The standard InChI is InChI=1S/C17H10N2O3S/c20-16-14(23-17(21)18-16)9-10-6-7-13-12(8-10)15(22-19-13)11-4-2-1-3-5-11/h1-9H,(H,18,20,21)/b14-9+. The number of thioether (sulfide) groups is 1. The molecule has 2 heterocycles. The summed E-state index contributed by atoms with van der Waals surface area (Å²) in [6.07, 6.45) is 1.69.